The molecular weight excluding hydrogens is 418 g/mol. The minimum Gasteiger partial charge on any atom is -0.425 e. The van der Waals surface area contributed by atoms with Crippen LogP contribution < -0.4 is 9.46 Å². The van der Waals surface area contributed by atoms with Gasteiger partial charge in [0.1, 0.15) is 5.75 Å². The van der Waals surface area contributed by atoms with Gasteiger partial charge in [0.2, 0.25) is 10.0 Å². The molecule has 2 atom stereocenters. The molecule has 1 N–H and O–H groups in total. The molecule has 1 aromatic rings. The number of benzene rings is 1. The van der Waals surface area contributed by atoms with E-state index in [4.69, 9.17) is 9.47 Å². The molecule has 0 radical (unpaired) electrons. The van der Waals surface area contributed by atoms with Gasteiger partial charge in [-0.3, -0.25) is 4.79 Å². The van der Waals surface area contributed by atoms with Gasteiger partial charge in [0, 0.05) is 12.6 Å². The molecule has 3 aliphatic heterocycles. The van der Waals surface area contributed by atoms with E-state index in [1.165, 1.54) is 6.07 Å². The van der Waals surface area contributed by atoms with E-state index >= 15 is 0 Å². The number of carbonyl (C=O) groups is 1. The lowest BCUT2D eigenvalue weighted by Gasteiger charge is -2.32. The Morgan fingerprint density at radius 2 is 1.83 bits per heavy atom. The quantitative estimate of drug-likeness (QED) is 0.756. The van der Waals surface area contributed by atoms with Crippen molar-refractivity contribution in [1.82, 2.24) is 9.62 Å². The van der Waals surface area contributed by atoms with Crippen LogP contribution in [0.3, 0.4) is 0 Å². The molecule has 30 heavy (non-hydrogen) atoms. The van der Waals surface area contributed by atoms with Gasteiger partial charge in [0.25, 0.3) is 0 Å². The average Bonchev–Trinajstić information content (AvgIpc) is 3.06. The highest BCUT2D eigenvalue weighted by molar-refractivity contribution is 7.88. The van der Waals surface area contributed by atoms with Crippen LogP contribution in [0.1, 0.15) is 43.6 Å². The second-order valence-electron chi connectivity index (χ2n) is 8.31. The summed E-state index contributed by atoms with van der Waals surface area (Å²) in [5.74, 6) is -1.40. The number of nitrogens with one attached hydrogen (secondary N) is 1. The van der Waals surface area contributed by atoms with Gasteiger partial charge >= 0.3 is 12.0 Å². The molecule has 4 aliphatic rings. The van der Waals surface area contributed by atoms with E-state index in [0.29, 0.717) is 5.56 Å². The number of amides is 1. The van der Waals surface area contributed by atoms with Crippen LogP contribution in [-0.2, 0) is 19.6 Å². The third kappa shape index (κ3) is 4.45. The molecule has 5 rings (SSSR count). The van der Waals surface area contributed by atoms with Crippen LogP contribution in [0.4, 0.5) is 8.78 Å². The molecule has 1 aromatic carbocycles. The molecule has 0 spiro atoms. The second kappa shape index (κ2) is 8.05. The minimum atomic E-state index is -4.07. The van der Waals surface area contributed by atoms with E-state index in [9.17, 15) is 22.0 Å². The fourth-order valence-electron chi connectivity index (χ4n) is 4.76. The number of halogens is 2. The first kappa shape index (κ1) is 21.5. The van der Waals surface area contributed by atoms with Crippen LogP contribution in [0.25, 0.3) is 0 Å². The van der Waals surface area contributed by atoms with Crippen LogP contribution in [0.15, 0.2) is 24.3 Å². The Balaban J connectivity index is 1.68. The molecule has 1 aliphatic carbocycles. The highest BCUT2D eigenvalue weighted by Gasteiger charge is 2.51. The van der Waals surface area contributed by atoms with Gasteiger partial charge < -0.3 is 14.4 Å². The lowest BCUT2D eigenvalue weighted by molar-refractivity contribution is -0.205. The van der Waals surface area contributed by atoms with Crippen LogP contribution in [0.2, 0.25) is 0 Å². The lowest BCUT2D eigenvalue weighted by atomic mass is 9.82. The van der Waals surface area contributed by atoms with Gasteiger partial charge in [0.05, 0.1) is 25.0 Å². The molecule has 2 bridgehead atoms. The number of hydrogen-bond acceptors (Lipinski definition) is 5. The second-order valence-corrected chi connectivity index (χ2v) is 10.1. The maximum absolute atomic E-state index is 14.9. The number of nitrogens with zero attached hydrogens (tertiary/aromatic N) is 1. The first-order valence-electron chi connectivity index (χ1n) is 10.2. The third-order valence-corrected chi connectivity index (χ3v) is 6.93. The van der Waals surface area contributed by atoms with Crippen molar-refractivity contribution >= 4 is 15.9 Å². The van der Waals surface area contributed by atoms with E-state index in [1.807, 2.05) is 0 Å². The summed E-state index contributed by atoms with van der Waals surface area (Å²) in [6.45, 7) is -0.00871. The van der Waals surface area contributed by atoms with Crippen LogP contribution >= 0.6 is 0 Å². The number of ether oxygens (including phenoxy) is 2. The smallest absolute Gasteiger partial charge is 0.425 e. The van der Waals surface area contributed by atoms with Crippen LogP contribution in [0.5, 0.6) is 5.75 Å². The number of para-hydroxylation sites is 1. The Morgan fingerprint density at radius 3 is 2.53 bits per heavy atom. The number of rotatable bonds is 2. The van der Waals surface area contributed by atoms with E-state index in [-0.39, 0.29) is 37.3 Å². The van der Waals surface area contributed by atoms with Crippen molar-refractivity contribution in [2.75, 3.05) is 19.4 Å². The van der Waals surface area contributed by atoms with E-state index in [1.54, 1.807) is 18.2 Å². The summed E-state index contributed by atoms with van der Waals surface area (Å²) < 4.78 is 66.7. The number of alkyl halides is 2. The van der Waals surface area contributed by atoms with Crippen molar-refractivity contribution in [2.45, 2.75) is 62.3 Å². The van der Waals surface area contributed by atoms with E-state index in [0.717, 1.165) is 36.8 Å². The SMILES string of the molecule is CS(=O)(=O)NC1CCN2C(=O)C(F)(F)Oc3ccccc3C3CCC(CC3)OC[C@@H]12. The molecule has 2 fully saturated rings. The molecule has 1 saturated heterocycles. The van der Waals surface area contributed by atoms with Gasteiger partial charge in [-0.2, -0.15) is 8.78 Å². The molecule has 7 nitrogen and oxygen atoms in total. The standard InChI is InChI=1S/C20H26F2N2O5S/c1-30(26,27)23-16-10-11-24-17(16)12-28-14-8-6-13(7-9-14)15-4-2-3-5-18(15)29-20(21,22)19(24)25/h2-5,13-14,16-17,23H,6-12H2,1H3/t13?,14?,16?,17-/m0/s1. The molecule has 166 valence electrons. The predicted molar refractivity (Wildman–Crippen MR) is 105 cm³/mol. The predicted octanol–water partition coefficient (Wildman–Crippen LogP) is 2.23. The molecule has 3 heterocycles. The normalized spacial score (nSPS) is 31.7. The lowest BCUT2D eigenvalue weighted by Crippen LogP contribution is -2.54. The van der Waals surface area contributed by atoms with Crippen molar-refractivity contribution in [3.8, 4) is 5.75 Å². The Kier molecular flexibility index (Phi) is 5.75. The Hall–Kier alpha value is -1.78. The highest BCUT2D eigenvalue weighted by Crippen LogP contribution is 2.41. The Morgan fingerprint density at radius 1 is 1.13 bits per heavy atom. The first-order chi connectivity index (χ1) is 14.1. The number of sulfonamides is 1. The largest absolute Gasteiger partial charge is 0.482 e. The summed E-state index contributed by atoms with van der Waals surface area (Å²) in [5, 5.41) is 0. The zero-order chi connectivity index (χ0) is 21.5. The van der Waals surface area contributed by atoms with E-state index in [2.05, 4.69) is 4.72 Å². The van der Waals surface area contributed by atoms with Crippen molar-refractivity contribution in [1.29, 1.82) is 0 Å². The number of carbonyl (C=O) groups excluding carboxylic acids is 1. The fourth-order valence-corrected chi connectivity index (χ4v) is 5.58. The molecule has 10 heteroatoms. The first-order valence-corrected chi connectivity index (χ1v) is 12.1. The Labute approximate surface area is 174 Å². The van der Waals surface area contributed by atoms with Gasteiger partial charge in [0.15, 0.2) is 0 Å². The zero-order valence-electron chi connectivity index (χ0n) is 16.7. The van der Waals surface area contributed by atoms with Gasteiger partial charge in [-0.05, 0) is 49.7 Å². The highest BCUT2D eigenvalue weighted by atomic mass is 32.2. The minimum absolute atomic E-state index is 0.00269. The summed E-state index contributed by atoms with van der Waals surface area (Å²) in [6.07, 6.45) is 0.182. The summed E-state index contributed by atoms with van der Waals surface area (Å²) in [6, 6.07) is 5.11. The molecule has 1 unspecified atom stereocenters. The summed E-state index contributed by atoms with van der Waals surface area (Å²) in [4.78, 5) is 13.8. The van der Waals surface area contributed by atoms with Crippen molar-refractivity contribution < 1.29 is 31.5 Å². The zero-order valence-corrected chi connectivity index (χ0v) is 17.5. The van der Waals surface area contributed by atoms with Gasteiger partial charge in [-0.1, -0.05) is 18.2 Å². The van der Waals surface area contributed by atoms with Crippen LogP contribution in [0, 0.1) is 0 Å². The number of hydrogen-bond donors (Lipinski definition) is 1. The monoisotopic (exact) mass is 444 g/mol. The van der Waals surface area contributed by atoms with Crippen molar-refractivity contribution in [3.05, 3.63) is 29.8 Å². The van der Waals surface area contributed by atoms with Crippen molar-refractivity contribution in [2.24, 2.45) is 0 Å². The number of fused-ring (bicyclic) bond motifs is 5. The van der Waals surface area contributed by atoms with Gasteiger partial charge in [-0.25, -0.2) is 13.1 Å². The fraction of sp³-hybridized carbons (Fsp3) is 0.650. The third-order valence-electron chi connectivity index (χ3n) is 6.19. The van der Waals surface area contributed by atoms with Crippen molar-refractivity contribution in [3.63, 3.8) is 0 Å². The maximum Gasteiger partial charge on any atom is 0.482 e. The molecular formula is C20H26F2N2O5S. The molecule has 1 saturated carbocycles. The topological polar surface area (TPSA) is 84.9 Å². The molecule has 1 amide bonds. The summed E-state index contributed by atoms with van der Waals surface area (Å²) in [7, 11) is -3.57. The van der Waals surface area contributed by atoms with Gasteiger partial charge in [-0.15, -0.1) is 0 Å². The Bertz CT molecular complexity index is 902. The maximum atomic E-state index is 14.9. The van der Waals surface area contributed by atoms with E-state index < -0.39 is 34.1 Å². The summed E-state index contributed by atoms with van der Waals surface area (Å²) in [5.41, 5.74) is 0.678. The van der Waals surface area contributed by atoms with Crippen LogP contribution in [-0.4, -0.2) is 62.9 Å². The molecule has 0 aromatic heterocycles. The summed E-state index contributed by atoms with van der Waals surface area (Å²) >= 11 is 0. The average molecular weight is 445 g/mol.